The molecule has 1 aromatic rings. The van der Waals surface area contributed by atoms with E-state index in [1.165, 1.54) is 31.2 Å². The molecule has 1 unspecified atom stereocenters. The van der Waals surface area contributed by atoms with E-state index in [4.69, 9.17) is 5.73 Å². The first-order valence-corrected chi connectivity index (χ1v) is 6.42. The SMILES string of the molecule is CC(N)(c1cccc(S(C)(=O)=O)c1)C(F)F. The number of alkyl halides is 2. The second kappa shape index (κ2) is 4.10. The lowest BCUT2D eigenvalue weighted by atomic mass is 9.94. The van der Waals surface area contributed by atoms with Crippen LogP contribution in [0.1, 0.15) is 12.5 Å². The third kappa shape index (κ3) is 2.56. The Morgan fingerprint density at radius 3 is 2.38 bits per heavy atom. The van der Waals surface area contributed by atoms with Crippen molar-refractivity contribution in [2.75, 3.05) is 6.26 Å². The number of benzene rings is 1. The minimum absolute atomic E-state index is 0.0117. The lowest BCUT2D eigenvalue weighted by Crippen LogP contribution is -2.40. The molecule has 6 heteroatoms. The van der Waals surface area contributed by atoms with Gasteiger partial charge in [-0.15, -0.1) is 0 Å². The Labute approximate surface area is 93.2 Å². The quantitative estimate of drug-likeness (QED) is 0.883. The summed E-state index contributed by atoms with van der Waals surface area (Å²) in [4.78, 5) is -0.0117. The zero-order chi connectivity index (χ0) is 12.6. The molecule has 0 heterocycles. The van der Waals surface area contributed by atoms with E-state index < -0.39 is 21.8 Å². The van der Waals surface area contributed by atoms with Gasteiger partial charge in [0.2, 0.25) is 0 Å². The van der Waals surface area contributed by atoms with Gasteiger partial charge in [-0.2, -0.15) is 0 Å². The van der Waals surface area contributed by atoms with E-state index in [-0.39, 0.29) is 10.5 Å². The largest absolute Gasteiger partial charge is 0.317 e. The van der Waals surface area contributed by atoms with Crippen molar-refractivity contribution in [1.82, 2.24) is 0 Å². The van der Waals surface area contributed by atoms with Crippen LogP contribution in [-0.4, -0.2) is 21.1 Å². The Hall–Kier alpha value is -1.01. The average Bonchev–Trinajstić information content (AvgIpc) is 2.16. The average molecular weight is 249 g/mol. The molecule has 0 radical (unpaired) electrons. The van der Waals surface area contributed by atoms with Gasteiger partial charge in [0.25, 0.3) is 6.43 Å². The van der Waals surface area contributed by atoms with Gasteiger partial charge in [-0.05, 0) is 24.6 Å². The Bertz CT molecular complexity index is 483. The zero-order valence-corrected chi connectivity index (χ0v) is 9.76. The molecule has 1 rings (SSSR count). The number of nitrogens with two attached hydrogens (primary N) is 1. The molecule has 0 aliphatic heterocycles. The van der Waals surface area contributed by atoms with Crippen LogP contribution in [0.25, 0.3) is 0 Å². The van der Waals surface area contributed by atoms with Gasteiger partial charge >= 0.3 is 0 Å². The van der Waals surface area contributed by atoms with E-state index in [1.54, 1.807) is 0 Å². The van der Waals surface area contributed by atoms with Crippen LogP contribution in [-0.2, 0) is 15.4 Å². The second-order valence-electron chi connectivity index (χ2n) is 3.88. The number of hydrogen-bond acceptors (Lipinski definition) is 3. The van der Waals surface area contributed by atoms with Crippen molar-refractivity contribution in [3.63, 3.8) is 0 Å². The molecule has 90 valence electrons. The minimum atomic E-state index is -3.41. The standard InChI is InChI=1S/C10H13F2NO2S/c1-10(13,9(11)12)7-4-3-5-8(6-7)16(2,14)15/h3-6,9H,13H2,1-2H3. The molecule has 2 N–H and O–H groups in total. The molecule has 0 fully saturated rings. The molecule has 0 aliphatic carbocycles. The molecule has 0 amide bonds. The third-order valence-electron chi connectivity index (χ3n) is 2.34. The molecule has 0 aromatic heterocycles. The van der Waals surface area contributed by atoms with Gasteiger partial charge in [-0.1, -0.05) is 12.1 Å². The molecule has 1 aromatic carbocycles. The second-order valence-corrected chi connectivity index (χ2v) is 5.90. The maximum absolute atomic E-state index is 12.7. The van der Waals surface area contributed by atoms with Crippen molar-refractivity contribution < 1.29 is 17.2 Å². The Balaban J connectivity index is 3.29. The van der Waals surface area contributed by atoms with E-state index in [2.05, 4.69) is 0 Å². The van der Waals surface area contributed by atoms with Gasteiger partial charge in [0.15, 0.2) is 9.84 Å². The van der Waals surface area contributed by atoms with Crippen LogP contribution in [0.15, 0.2) is 29.2 Å². The number of hydrogen-bond donors (Lipinski definition) is 1. The summed E-state index contributed by atoms with van der Waals surface area (Å²) >= 11 is 0. The molecular weight excluding hydrogens is 236 g/mol. The summed E-state index contributed by atoms with van der Waals surface area (Å²) in [6, 6.07) is 5.32. The lowest BCUT2D eigenvalue weighted by molar-refractivity contribution is 0.0624. The van der Waals surface area contributed by atoms with E-state index >= 15 is 0 Å². The van der Waals surface area contributed by atoms with Crippen LogP contribution in [0.5, 0.6) is 0 Å². The Morgan fingerprint density at radius 1 is 1.38 bits per heavy atom. The first-order chi connectivity index (χ1) is 7.15. The maximum Gasteiger partial charge on any atom is 0.260 e. The topological polar surface area (TPSA) is 60.2 Å². The molecule has 0 saturated carbocycles. The first kappa shape index (κ1) is 13.1. The van der Waals surface area contributed by atoms with Crippen molar-refractivity contribution in [3.05, 3.63) is 29.8 Å². The molecule has 0 saturated heterocycles. The summed E-state index contributed by atoms with van der Waals surface area (Å²) in [7, 11) is -3.41. The van der Waals surface area contributed by atoms with Crippen molar-refractivity contribution in [1.29, 1.82) is 0 Å². The van der Waals surface area contributed by atoms with Gasteiger partial charge in [-0.3, -0.25) is 0 Å². The van der Waals surface area contributed by atoms with Gasteiger partial charge in [0.1, 0.15) is 0 Å². The lowest BCUT2D eigenvalue weighted by Gasteiger charge is -2.24. The van der Waals surface area contributed by atoms with E-state index in [9.17, 15) is 17.2 Å². The van der Waals surface area contributed by atoms with Gasteiger partial charge < -0.3 is 5.73 Å². The summed E-state index contributed by atoms with van der Waals surface area (Å²) in [5.41, 5.74) is 3.70. The molecule has 3 nitrogen and oxygen atoms in total. The molecule has 0 spiro atoms. The van der Waals surface area contributed by atoms with Crippen LogP contribution in [0.3, 0.4) is 0 Å². The van der Waals surface area contributed by atoms with Gasteiger partial charge in [-0.25, -0.2) is 17.2 Å². The highest BCUT2D eigenvalue weighted by Gasteiger charge is 2.32. The van der Waals surface area contributed by atoms with Crippen molar-refractivity contribution in [2.24, 2.45) is 5.73 Å². The van der Waals surface area contributed by atoms with E-state index in [0.717, 1.165) is 6.26 Å². The van der Waals surface area contributed by atoms with Crippen LogP contribution in [0, 0.1) is 0 Å². The fourth-order valence-corrected chi connectivity index (χ4v) is 1.85. The summed E-state index contributed by atoms with van der Waals surface area (Å²) < 4.78 is 47.8. The summed E-state index contributed by atoms with van der Waals surface area (Å²) in [6.07, 6.45) is -1.75. The van der Waals surface area contributed by atoms with Gasteiger partial charge in [0, 0.05) is 6.26 Å². The summed E-state index contributed by atoms with van der Waals surface area (Å²) in [5, 5.41) is 0. The zero-order valence-electron chi connectivity index (χ0n) is 8.94. The third-order valence-corrected chi connectivity index (χ3v) is 3.45. The normalized spacial score (nSPS) is 16.1. The highest BCUT2D eigenvalue weighted by molar-refractivity contribution is 7.90. The maximum atomic E-state index is 12.7. The van der Waals surface area contributed by atoms with Crippen LogP contribution >= 0.6 is 0 Å². The highest BCUT2D eigenvalue weighted by Crippen LogP contribution is 2.26. The van der Waals surface area contributed by atoms with Crippen LogP contribution < -0.4 is 5.73 Å². The van der Waals surface area contributed by atoms with Gasteiger partial charge in [0.05, 0.1) is 10.4 Å². The summed E-state index contributed by atoms with van der Waals surface area (Å²) in [5.74, 6) is 0. The van der Waals surface area contributed by atoms with Crippen molar-refractivity contribution in [2.45, 2.75) is 23.8 Å². The Kier molecular flexibility index (Phi) is 3.35. The molecular formula is C10H13F2NO2S. The minimum Gasteiger partial charge on any atom is -0.317 e. The number of rotatable bonds is 3. The Morgan fingerprint density at radius 2 is 1.94 bits per heavy atom. The fourth-order valence-electron chi connectivity index (χ4n) is 1.19. The molecule has 0 aliphatic rings. The summed E-state index contributed by atoms with van der Waals surface area (Å²) in [6.45, 7) is 1.17. The smallest absolute Gasteiger partial charge is 0.260 e. The molecule has 0 bridgehead atoms. The number of sulfone groups is 1. The van der Waals surface area contributed by atoms with Crippen LogP contribution in [0.2, 0.25) is 0 Å². The van der Waals surface area contributed by atoms with E-state index in [1.807, 2.05) is 0 Å². The molecule has 16 heavy (non-hydrogen) atoms. The van der Waals surface area contributed by atoms with Crippen molar-refractivity contribution >= 4 is 9.84 Å². The predicted molar refractivity (Wildman–Crippen MR) is 57.1 cm³/mol. The molecule has 1 atom stereocenters. The first-order valence-electron chi connectivity index (χ1n) is 4.53. The fraction of sp³-hybridized carbons (Fsp3) is 0.400. The monoisotopic (exact) mass is 249 g/mol. The van der Waals surface area contributed by atoms with E-state index in [0.29, 0.717) is 0 Å². The van der Waals surface area contributed by atoms with Crippen LogP contribution in [0.4, 0.5) is 8.78 Å². The highest BCUT2D eigenvalue weighted by atomic mass is 32.2. The number of halogens is 2. The predicted octanol–water partition coefficient (Wildman–Crippen LogP) is 1.53. The van der Waals surface area contributed by atoms with Crippen molar-refractivity contribution in [3.8, 4) is 0 Å².